The van der Waals surface area contributed by atoms with Gasteiger partial charge in [0.15, 0.2) is 0 Å². The second-order valence-corrected chi connectivity index (χ2v) is 5.36. The summed E-state index contributed by atoms with van der Waals surface area (Å²) in [6, 6.07) is 16.4. The molecule has 104 valence electrons. The molecule has 20 heavy (non-hydrogen) atoms. The molecular formula is C18H21NO. The second kappa shape index (κ2) is 7.01. The second-order valence-electron chi connectivity index (χ2n) is 5.36. The third-order valence-corrected chi connectivity index (χ3v) is 3.42. The third kappa shape index (κ3) is 4.04. The molecule has 0 saturated carbocycles. The lowest BCUT2D eigenvalue weighted by Gasteiger charge is -2.08. The van der Waals surface area contributed by atoms with E-state index >= 15 is 0 Å². The third-order valence-electron chi connectivity index (χ3n) is 3.42. The van der Waals surface area contributed by atoms with Gasteiger partial charge in [-0.15, -0.1) is 0 Å². The highest BCUT2D eigenvalue weighted by atomic mass is 16.1. The Balaban J connectivity index is 1.84. The standard InChI is InChI=1S/C18H21NO/c1-14(2)18-9-7-16(8-10-18)12-19-11-15-3-5-17(13-20)6-4-15/h3-10,13-14,19H,11-12H2,1-2H3. The molecule has 0 bridgehead atoms. The van der Waals surface area contributed by atoms with E-state index in [9.17, 15) is 4.79 Å². The fraction of sp³-hybridized carbons (Fsp3) is 0.278. The van der Waals surface area contributed by atoms with Crippen molar-refractivity contribution in [2.24, 2.45) is 0 Å². The molecule has 0 aliphatic rings. The molecule has 2 rings (SSSR count). The summed E-state index contributed by atoms with van der Waals surface area (Å²) in [5, 5.41) is 3.42. The molecule has 0 spiro atoms. The molecule has 0 fully saturated rings. The normalized spacial score (nSPS) is 10.8. The fourth-order valence-electron chi connectivity index (χ4n) is 2.09. The van der Waals surface area contributed by atoms with E-state index in [0.29, 0.717) is 5.92 Å². The van der Waals surface area contributed by atoms with Crippen molar-refractivity contribution < 1.29 is 4.79 Å². The van der Waals surface area contributed by atoms with Crippen LogP contribution in [0.5, 0.6) is 0 Å². The van der Waals surface area contributed by atoms with Gasteiger partial charge >= 0.3 is 0 Å². The maximum absolute atomic E-state index is 10.6. The number of benzene rings is 2. The van der Waals surface area contributed by atoms with Gasteiger partial charge in [0.2, 0.25) is 0 Å². The lowest BCUT2D eigenvalue weighted by atomic mass is 10.0. The first-order valence-electron chi connectivity index (χ1n) is 7.02. The van der Waals surface area contributed by atoms with E-state index in [1.165, 1.54) is 16.7 Å². The number of aldehydes is 1. The Morgan fingerprint density at radius 2 is 1.40 bits per heavy atom. The summed E-state index contributed by atoms with van der Waals surface area (Å²) in [7, 11) is 0. The van der Waals surface area contributed by atoms with Crippen molar-refractivity contribution in [1.29, 1.82) is 0 Å². The quantitative estimate of drug-likeness (QED) is 0.804. The van der Waals surface area contributed by atoms with E-state index in [1.807, 2.05) is 24.3 Å². The molecule has 1 N–H and O–H groups in total. The maximum atomic E-state index is 10.6. The Bertz CT molecular complexity index is 541. The number of carbonyl (C=O) groups is 1. The van der Waals surface area contributed by atoms with Crippen LogP contribution in [0.4, 0.5) is 0 Å². The van der Waals surface area contributed by atoms with Crippen LogP contribution in [0.1, 0.15) is 46.8 Å². The molecule has 0 unspecified atom stereocenters. The average Bonchev–Trinajstić information content (AvgIpc) is 2.48. The molecule has 0 aliphatic heterocycles. The van der Waals surface area contributed by atoms with Crippen LogP contribution in [0.2, 0.25) is 0 Å². The summed E-state index contributed by atoms with van der Waals surface area (Å²) < 4.78 is 0. The number of hydrogen-bond donors (Lipinski definition) is 1. The highest BCUT2D eigenvalue weighted by Crippen LogP contribution is 2.14. The van der Waals surface area contributed by atoms with Crippen LogP contribution >= 0.6 is 0 Å². The molecule has 0 amide bonds. The first kappa shape index (κ1) is 14.5. The molecule has 0 aliphatic carbocycles. The summed E-state index contributed by atoms with van der Waals surface area (Å²) >= 11 is 0. The molecule has 2 aromatic carbocycles. The minimum atomic E-state index is 0.577. The minimum Gasteiger partial charge on any atom is -0.309 e. The van der Waals surface area contributed by atoms with Gasteiger partial charge < -0.3 is 5.32 Å². The van der Waals surface area contributed by atoms with Crippen molar-refractivity contribution in [3.8, 4) is 0 Å². The Morgan fingerprint density at radius 3 is 1.85 bits per heavy atom. The zero-order valence-electron chi connectivity index (χ0n) is 12.1. The number of nitrogens with one attached hydrogen (secondary N) is 1. The summed E-state index contributed by atoms with van der Waals surface area (Å²) in [6.07, 6.45) is 0.869. The first-order valence-corrected chi connectivity index (χ1v) is 7.02. The van der Waals surface area contributed by atoms with Crippen molar-refractivity contribution in [3.05, 3.63) is 70.8 Å². The average molecular weight is 267 g/mol. The zero-order chi connectivity index (χ0) is 14.4. The monoisotopic (exact) mass is 267 g/mol. The largest absolute Gasteiger partial charge is 0.309 e. The summed E-state index contributed by atoms with van der Waals surface area (Å²) in [5.41, 5.74) is 4.57. The Kier molecular flexibility index (Phi) is 5.08. The lowest BCUT2D eigenvalue weighted by molar-refractivity contribution is 0.112. The molecule has 0 heterocycles. The van der Waals surface area contributed by atoms with Gasteiger partial charge in [0.1, 0.15) is 6.29 Å². The van der Waals surface area contributed by atoms with Gasteiger partial charge in [0.25, 0.3) is 0 Å². The summed E-state index contributed by atoms with van der Waals surface area (Å²) in [5.74, 6) is 0.577. The van der Waals surface area contributed by atoms with Crippen LogP contribution < -0.4 is 5.32 Å². The highest BCUT2D eigenvalue weighted by molar-refractivity contribution is 5.74. The predicted molar refractivity (Wildman–Crippen MR) is 82.9 cm³/mol. The minimum absolute atomic E-state index is 0.577. The van der Waals surface area contributed by atoms with Crippen LogP contribution in [0.25, 0.3) is 0 Å². The zero-order valence-corrected chi connectivity index (χ0v) is 12.1. The van der Waals surface area contributed by atoms with E-state index in [2.05, 4.69) is 43.4 Å². The van der Waals surface area contributed by atoms with Crippen molar-refractivity contribution in [2.75, 3.05) is 0 Å². The van der Waals surface area contributed by atoms with Gasteiger partial charge in [-0.05, 0) is 22.6 Å². The fourth-order valence-corrected chi connectivity index (χ4v) is 2.09. The van der Waals surface area contributed by atoms with Crippen LogP contribution in [0, 0.1) is 0 Å². The van der Waals surface area contributed by atoms with E-state index < -0.39 is 0 Å². The van der Waals surface area contributed by atoms with Crippen LogP contribution in [0.15, 0.2) is 48.5 Å². The highest BCUT2D eigenvalue weighted by Gasteiger charge is 1.99. The van der Waals surface area contributed by atoms with Gasteiger partial charge in [-0.25, -0.2) is 0 Å². The van der Waals surface area contributed by atoms with Gasteiger partial charge in [-0.1, -0.05) is 62.4 Å². The lowest BCUT2D eigenvalue weighted by Crippen LogP contribution is -2.12. The maximum Gasteiger partial charge on any atom is 0.150 e. The summed E-state index contributed by atoms with van der Waals surface area (Å²) in [6.45, 7) is 6.07. The molecule has 2 heteroatoms. The Labute approximate surface area is 120 Å². The van der Waals surface area contributed by atoms with E-state index in [-0.39, 0.29) is 0 Å². The first-order chi connectivity index (χ1) is 9.69. The van der Waals surface area contributed by atoms with E-state index in [1.54, 1.807) is 0 Å². The smallest absolute Gasteiger partial charge is 0.150 e. The van der Waals surface area contributed by atoms with Crippen LogP contribution in [-0.2, 0) is 13.1 Å². The van der Waals surface area contributed by atoms with Crippen molar-refractivity contribution in [3.63, 3.8) is 0 Å². The van der Waals surface area contributed by atoms with E-state index in [0.717, 1.165) is 24.9 Å². The molecule has 0 atom stereocenters. The number of hydrogen-bond acceptors (Lipinski definition) is 2. The van der Waals surface area contributed by atoms with Crippen LogP contribution in [-0.4, -0.2) is 6.29 Å². The summed E-state index contributed by atoms with van der Waals surface area (Å²) in [4.78, 5) is 10.6. The molecule has 0 saturated heterocycles. The molecule has 2 nitrogen and oxygen atoms in total. The SMILES string of the molecule is CC(C)c1ccc(CNCc2ccc(C=O)cc2)cc1. The van der Waals surface area contributed by atoms with Crippen molar-refractivity contribution in [2.45, 2.75) is 32.9 Å². The topological polar surface area (TPSA) is 29.1 Å². The van der Waals surface area contributed by atoms with Gasteiger partial charge in [-0.3, -0.25) is 4.79 Å². The molecule has 0 radical (unpaired) electrons. The van der Waals surface area contributed by atoms with Gasteiger partial charge in [-0.2, -0.15) is 0 Å². The van der Waals surface area contributed by atoms with Crippen molar-refractivity contribution >= 4 is 6.29 Å². The Hall–Kier alpha value is -1.93. The predicted octanol–water partition coefficient (Wildman–Crippen LogP) is 3.91. The van der Waals surface area contributed by atoms with Gasteiger partial charge in [0.05, 0.1) is 0 Å². The van der Waals surface area contributed by atoms with Gasteiger partial charge in [0, 0.05) is 18.7 Å². The van der Waals surface area contributed by atoms with Crippen molar-refractivity contribution in [1.82, 2.24) is 5.32 Å². The van der Waals surface area contributed by atoms with E-state index in [4.69, 9.17) is 0 Å². The number of carbonyl (C=O) groups excluding carboxylic acids is 1. The molecular weight excluding hydrogens is 246 g/mol. The molecule has 2 aromatic rings. The van der Waals surface area contributed by atoms with Crippen LogP contribution in [0.3, 0.4) is 0 Å². The molecule has 0 aromatic heterocycles. The number of rotatable bonds is 6. The Morgan fingerprint density at radius 1 is 0.900 bits per heavy atom.